The van der Waals surface area contributed by atoms with Crippen molar-refractivity contribution < 1.29 is 4.79 Å². The van der Waals surface area contributed by atoms with Gasteiger partial charge in [-0.2, -0.15) is 0 Å². The van der Waals surface area contributed by atoms with Crippen LogP contribution in [0.25, 0.3) is 0 Å². The molecule has 0 aliphatic heterocycles. The molecule has 2 atom stereocenters. The molecule has 0 heterocycles. The van der Waals surface area contributed by atoms with E-state index < -0.39 is 0 Å². The summed E-state index contributed by atoms with van der Waals surface area (Å²) in [7, 11) is 0. The lowest BCUT2D eigenvalue weighted by Gasteiger charge is -2.24. The van der Waals surface area contributed by atoms with Crippen LogP contribution in [0.4, 0.5) is 0 Å². The third-order valence-electron chi connectivity index (χ3n) is 5.06. The Morgan fingerprint density at radius 2 is 1.67 bits per heavy atom. The van der Waals surface area contributed by atoms with Crippen molar-refractivity contribution in [1.82, 2.24) is 5.32 Å². The van der Waals surface area contributed by atoms with E-state index in [9.17, 15) is 4.79 Å². The van der Waals surface area contributed by atoms with E-state index >= 15 is 0 Å². The predicted molar refractivity (Wildman–Crippen MR) is 86.5 cm³/mol. The molecule has 1 aromatic carbocycles. The molecular formula is C19H27NO. The number of benzene rings is 1. The summed E-state index contributed by atoms with van der Waals surface area (Å²) < 4.78 is 0. The Morgan fingerprint density at radius 1 is 0.952 bits per heavy atom. The zero-order valence-corrected chi connectivity index (χ0v) is 13.1. The summed E-state index contributed by atoms with van der Waals surface area (Å²) in [5, 5.41) is 3.25. The van der Waals surface area contributed by atoms with Crippen LogP contribution in [-0.2, 0) is 0 Å². The minimum atomic E-state index is 0.107. The van der Waals surface area contributed by atoms with Crippen molar-refractivity contribution in [2.24, 2.45) is 5.92 Å². The summed E-state index contributed by atoms with van der Waals surface area (Å²) in [6.45, 7) is 2.33. The van der Waals surface area contributed by atoms with Crippen LogP contribution in [0, 0.1) is 5.92 Å². The fourth-order valence-corrected chi connectivity index (χ4v) is 3.39. The molecule has 0 spiro atoms. The van der Waals surface area contributed by atoms with Crippen molar-refractivity contribution in [2.75, 3.05) is 0 Å². The van der Waals surface area contributed by atoms with Gasteiger partial charge in [0.1, 0.15) is 0 Å². The highest BCUT2D eigenvalue weighted by Gasteiger charge is 2.23. The van der Waals surface area contributed by atoms with Crippen LogP contribution in [0.3, 0.4) is 0 Å². The van der Waals surface area contributed by atoms with E-state index in [4.69, 9.17) is 0 Å². The molecule has 0 aromatic heterocycles. The van der Waals surface area contributed by atoms with Crippen molar-refractivity contribution in [3.63, 3.8) is 0 Å². The normalized spacial score (nSPS) is 26.7. The Labute approximate surface area is 128 Å². The monoisotopic (exact) mass is 285 g/mol. The van der Waals surface area contributed by atoms with Gasteiger partial charge in [-0.05, 0) is 61.6 Å². The lowest BCUT2D eigenvalue weighted by molar-refractivity contribution is 0.0928. The molecule has 1 amide bonds. The fraction of sp³-hybridized carbons (Fsp3) is 0.632. The molecule has 0 radical (unpaired) electrons. The standard InChI is InChI=1S/C19H27NO/c1-14-4-2-3-5-18(13-6-14)20-19(21)17-11-9-16(10-12-17)15-7-8-15/h9-12,14-15,18H,2-8,13H2,1H3,(H,20,21). The van der Waals surface area contributed by atoms with Crippen molar-refractivity contribution >= 4 is 5.91 Å². The SMILES string of the molecule is CC1CCCCC(NC(=O)c2ccc(C3CC3)cc2)CC1. The van der Waals surface area contributed by atoms with Crippen LogP contribution >= 0.6 is 0 Å². The van der Waals surface area contributed by atoms with Crippen LogP contribution in [0.2, 0.25) is 0 Å². The molecule has 2 unspecified atom stereocenters. The lowest BCUT2D eigenvalue weighted by atomic mass is 9.90. The van der Waals surface area contributed by atoms with E-state index in [2.05, 4.69) is 24.4 Å². The molecule has 0 bridgehead atoms. The van der Waals surface area contributed by atoms with Gasteiger partial charge in [0.2, 0.25) is 0 Å². The molecule has 2 saturated carbocycles. The first kappa shape index (κ1) is 14.6. The topological polar surface area (TPSA) is 29.1 Å². The molecule has 2 aliphatic carbocycles. The van der Waals surface area contributed by atoms with E-state index in [-0.39, 0.29) is 5.91 Å². The first-order valence-corrected chi connectivity index (χ1v) is 8.63. The quantitative estimate of drug-likeness (QED) is 0.860. The lowest BCUT2D eigenvalue weighted by Crippen LogP contribution is -2.35. The van der Waals surface area contributed by atoms with E-state index in [0.29, 0.717) is 6.04 Å². The summed E-state index contributed by atoms with van der Waals surface area (Å²) in [4.78, 5) is 12.4. The Balaban J connectivity index is 1.56. The highest BCUT2D eigenvalue weighted by molar-refractivity contribution is 5.94. The molecule has 3 rings (SSSR count). The van der Waals surface area contributed by atoms with Crippen LogP contribution in [0.1, 0.15) is 80.1 Å². The molecule has 1 aromatic rings. The number of carbonyl (C=O) groups excluding carboxylic acids is 1. The number of nitrogens with one attached hydrogen (secondary N) is 1. The van der Waals surface area contributed by atoms with Crippen molar-refractivity contribution in [2.45, 2.75) is 70.3 Å². The smallest absolute Gasteiger partial charge is 0.251 e. The molecule has 2 aliphatic rings. The number of carbonyl (C=O) groups is 1. The summed E-state index contributed by atoms with van der Waals surface area (Å²) in [6, 6.07) is 8.62. The zero-order valence-electron chi connectivity index (χ0n) is 13.1. The molecule has 1 N–H and O–H groups in total. The summed E-state index contributed by atoms with van der Waals surface area (Å²) in [5.74, 6) is 1.67. The van der Waals surface area contributed by atoms with Gasteiger partial charge in [-0.15, -0.1) is 0 Å². The Morgan fingerprint density at radius 3 is 2.38 bits per heavy atom. The predicted octanol–water partition coefficient (Wildman–Crippen LogP) is 4.65. The minimum absolute atomic E-state index is 0.107. The Kier molecular flexibility index (Phi) is 4.62. The van der Waals surface area contributed by atoms with E-state index in [1.807, 2.05) is 12.1 Å². The van der Waals surface area contributed by atoms with Crippen molar-refractivity contribution in [3.8, 4) is 0 Å². The highest BCUT2D eigenvalue weighted by atomic mass is 16.1. The van der Waals surface area contributed by atoms with Gasteiger partial charge in [-0.25, -0.2) is 0 Å². The largest absolute Gasteiger partial charge is 0.349 e. The first-order chi connectivity index (χ1) is 10.2. The van der Waals surface area contributed by atoms with Gasteiger partial charge in [0.15, 0.2) is 0 Å². The molecular weight excluding hydrogens is 258 g/mol. The third-order valence-corrected chi connectivity index (χ3v) is 5.06. The van der Waals surface area contributed by atoms with E-state index in [0.717, 1.165) is 30.2 Å². The van der Waals surface area contributed by atoms with Crippen LogP contribution in [0.5, 0.6) is 0 Å². The second kappa shape index (κ2) is 6.64. The average molecular weight is 285 g/mol. The van der Waals surface area contributed by atoms with Gasteiger partial charge in [0, 0.05) is 11.6 Å². The van der Waals surface area contributed by atoms with Gasteiger partial charge in [-0.3, -0.25) is 4.79 Å². The van der Waals surface area contributed by atoms with Crippen molar-refractivity contribution in [3.05, 3.63) is 35.4 Å². The minimum Gasteiger partial charge on any atom is -0.349 e. The van der Waals surface area contributed by atoms with Crippen LogP contribution in [0.15, 0.2) is 24.3 Å². The number of hydrogen-bond acceptors (Lipinski definition) is 1. The summed E-state index contributed by atoms with van der Waals surface area (Å²) in [5.41, 5.74) is 2.21. The summed E-state index contributed by atoms with van der Waals surface area (Å²) >= 11 is 0. The van der Waals surface area contributed by atoms with E-state index in [1.165, 1.54) is 44.1 Å². The summed E-state index contributed by atoms with van der Waals surface area (Å²) in [6.07, 6.45) is 10.0. The maximum absolute atomic E-state index is 12.4. The average Bonchev–Trinajstić information content (AvgIpc) is 3.31. The number of amides is 1. The van der Waals surface area contributed by atoms with E-state index in [1.54, 1.807) is 0 Å². The first-order valence-electron chi connectivity index (χ1n) is 8.63. The molecule has 114 valence electrons. The second-order valence-corrected chi connectivity index (χ2v) is 7.03. The van der Waals surface area contributed by atoms with Crippen LogP contribution in [-0.4, -0.2) is 11.9 Å². The molecule has 0 saturated heterocycles. The van der Waals surface area contributed by atoms with Crippen molar-refractivity contribution in [1.29, 1.82) is 0 Å². The third kappa shape index (κ3) is 4.09. The Bertz CT molecular complexity index is 475. The second-order valence-electron chi connectivity index (χ2n) is 7.03. The van der Waals surface area contributed by atoms with Gasteiger partial charge in [0.25, 0.3) is 5.91 Å². The van der Waals surface area contributed by atoms with Crippen LogP contribution < -0.4 is 5.32 Å². The molecule has 2 heteroatoms. The Hall–Kier alpha value is -1.31. The zero-order chi connectivity index (χ0) is 14.7. The number of hydrogen-bond donors (Lipinski definition) is 1. The molecule has 2 fully saturated rings. The van der Waals surface area contributed by atoms with Gasteiger partial charge in [-0.1, -0.05) is 38.3 Å². The van der Waals surface area contributed by atoms with Gasteiger partial charge < -0.3 is 5.32 Å². The maximum atomic E-state index is 12.4. The number of rotatable bonds is 3. The maximum Gasteiger partial charge on any atom is 0.251 e. The van der Waals surface area contributed by atoms with Gasteiger partial charge in [0.05, 0.1) is 0 Å². The fourth-order valence-electron chi connectivity index (χ4n) is 3.39. The van der Waals surface area contributed by atoms with Gasteiger partial charge >= 0.3 is 0 Å². The molecule has 2 nitrogen and oxygen atoms in total. The highest BCUT2D eigenvalue weighted by Crippen LogP contribution is 2.39. The molecule has 21 heavy (non-hydrogen) atoms.